The number of rotatable bonds is 2. The second kappa shape index (κ2) is 6.79. The molecule has 0 unspecified atom stereocenters. The van der Waals surface area contributed by atoms with Crippen molar-refractivity contribution in [2.75, 3.05) is 19.7 Å². The predicted octanol–water partition coefficient (Wildman–Crippen LogP) is 2.12. The van der Waals surface area contributed by atoms with Crippen LogP contribution in [-0.4, -0.2) is 56.2 Å². The molecule has 0 spiro atoms. The number of hydrogen-bond donors (Lipinski definition) is 1. The van der Waals surface area contributed by atoms with Crippen molar-refractivity contribution in [3.8, 4) is 0 Å². The van der Waals surface area contributed by atoms with Crippen LogP contribution in [0.25, 0.3) is 10.9 Å². The summed E-state index contributed by atoms with van der Waals surface area (Å²) in [6, 6.07) is 10.9. The smallest absolute Gasteiger partial charge is 0.272 e. The van der Waals surface area contributed by atoms with Crippen molar-refractivity contribution in [2.24, 2.45) is 0 Å². The third-order valence-electron chi connectivity index (χ3n) is 5.37. The molecular weight excluding hydrogens is 358 g/mol. The van der Waals surface area contributed by atoms with Crippen LogP contribution < -0.4 is 0 Å². The zero-order valence-corrected chi connectivity index (χ0v) is 15.4. The lowest BCUT2D eigenvalue weighted by Crippen LogP contribution is -2.49. The van der Waals surface area contributed by atoms with Crippen LogP contribution in [0.2, 0.25) is 0 Å². The van der Waals surface area contributed by atoms with Gasteiger partial charge < -0.3 is 9.88 Å². The highest BCUT2D eigenvalue weighted by Gasteiger charge is 2.37. The van der Waals surface area contributed by atoms with E-state index in [1.165, 1.54) is 5.06 Å². The van der Waals surface area contributed by atoms with Crippen LogP contribution in [-0.2, 0) is 16.2 Å². The maximum absolute atomic E-state index is 13.2. The fraction of sp³-hybridized carbons (Fsp3) is 0.350. The molecule has 0 saturated carbocycles. The van der Waals surface area contributed by atoms with Gasteiger partial charge in [-0.05, 0) is 31.0 Å². The molecular formula is C20H21N5O3. The van der Waals surface area contributed by atoms with Crippen molar-refractivity contribution in [3.63, 3.8) is 0 Å². The first-order valence-electron chi connectivity index (χ1n) is 9.54. The Morgan fingerprint density at radius 1 is 1.18 bits per heavy atom. The van der Waals surface area contributed by atoms with Crippen molar-refractivity contribution >= 4 is 22.7 Å². The Balaban J connectivity index is 1.43. The molecule has 0 aliphatic carbocycles. The van der Waals surface area contributed by atoms with Gasteiger partial charge in [0.05, 0.1) is 25.4 Å². The molecule has 2 amide bonds. The topological polar surface area (TPSA) is 83.5 Å². The van der Waals surface area contributed by atoms with Crippen molar-refractivity contribution < 1.29 is 14.4 Å². The molecule has 2 aliphatic rings. The molecule has 1 aromatic carbocycles. The van der Waals surface area contributed by atoms with E-state index in [1.54, 1.807) is 15.8 Å². The van der Waals surface area contributed by atoms with Crippen LogP contribution in [0, 0.1) is 0 Å². The summed E-state index contributed by atoms with van der Waals surface area (Å²) in [7, 11) is 0. The Labute approximate surface area is 161 Å². The van der Waals surface area contributed by atoms with Gasteiger partial charge in [0.1, 0.15) is 5.69 Å². The number of hydroxylamine groups is 2. The minimum absolute atomic E-state index is 0.124. The highest BCUT2D eigenvalue weighted by Crippen LogP contribution is 2.25. The van der Waals surface area contributed by atoms with Gasteiger partial charge in [-0.25, -0.2) is 5.06 Å². The molecule has 1 N–H and O–H groups in total. The van der Waals surface area contributed by atoms with Gasteiger partial charge in [-0.2, -0.15) is 5.10 Å². The molecule has 3 aromatic rings. The maximum atomic E-state index is 13.2. The van der Waals surface area contributed by atoms with Gasteiger partial charge in [0, 0.05) is 23.6 Å². The normalized spacial score (nSPS) is 19.6. The van der Waals surface area contributed by atoms with Crippen molar-refractivity contribution in [2.45, 2.75) is 25.4 Å². The number of carbonyl (C=O) groups is 2. The van der Waals surface area contributed by atoms with E-state index in [2.05, 4.69) is 10.1 Å². The minimum atomic E-state index is -0.579. The van der Waals surface area contributed by atoms with E-state index in [1.807, 2.05) is 36.4 Å². The predicted molar refractivity (Wildman–Crippen MR) is 101 cm³/mol. The van der Waals surface area contributed by atoms with Gasteiger partial charge in [0.2, 0.25) is 0 Å². The van der Waals surface area contributed by atoms with Crippen LogP contribution in [0.15, 0.2) is 42.6 Å². The number of amides is 2. The first-order chi connectivity index (χ1) is 13.7. The molecule has 4 heterocycles. The zero-order valence-electron chi connectivity index (χ0n) is 15.4. The Hall–Kier alpha value is -3.13. The van der Waals surface area contributed by atoms with Crippen LogP contribution in [0.4, 0.5) is 0 Å². The Morgan fingerprint density at radius 2 is 2.07 bits per heavy atom. The molecule has 1 atom stereocenters. The average molecular weight is 379 g/mol. The van der Waals surface area contributed by atoms with Crippen molar-refractivity contribution in [3.05, 3.63) is 54.0 Å². The van der Waals surface area contributed by atoms with E-state index < -0.39 is 6.04 Å². The summed E-state index contributed by atoms with van der Waals surface area (Å²) < 4.78 is 1.72. The van der Waals surface area contributed by atoms with Crippen LogP contribution in [0.3, 0.4) is 0 Å². The molecule has 0 bridgehead atoms. The van der Waals surface area contributed by atoms with Gasteiger partial charge >= 0.3 is 0 Å². The highest BCUT2D eigenvalue weighted by atomic mass is 16.7. The number of nitrogens with zero attached hydrogens (tertiary/aromatic N) is 4. The first-order valence-corrected chi connectivity index (χ1v) is 9.54. The second-order valence-corrected chi connectivity index (χ2v) is 7.22. The molecule has 1 saturated heterocycles. The molecule has 144 valence electrons. The van der Waals surface area contributed by atoms with Crippen LogP contribution >= 0.6 is 0 Å². The summed E-state index contributed by atoms with van der Waals surface area (Å²) in [6.45, 7) is 1.80. The number of H-pyrrole nitrogens is 1. The minimum Gasteiger partial charge on any atom is -0.351 e. The summed E-state index contributed by atoms with van der Waals surface area (Å²) in [4.78, 5) is 36.6. The van der Waals surface area contributed by atoms with E-state index in [4.69, 9.17) is 4.84 Å². The van der Waals surface area contributed by atoms with Crippen molar-refractivity contribution in [1.29, 1.82) is 0 Å². The lowest BCUT2D eigenvalue weighted by molar-refractivity contribution is -0.201. The Bertz CT molecular complexity index is 1000. The number of nitrogens with one attached hydrogen (secondary N) is 1. The number of fused-ring (bicyclic) bond motifs is 2. The number of hydrogen-bond acceptors (Lipinski definition) is 4. The number of aromatic nitrogens is 3. The summed E-state index contributed by atoms with van der Waals surface area (Å²) in [5.74, 6) is -0.278. The standard InChI is InChI=1S/C20H21N5O3/c26-19(17-11-14-5-1-2-6-16(14)22-17)23-12-15-7-8-21-25(15)18(13-23)20(27)24-9-3-4-10-28-24/h1-2,5-8,11,18,22H,3-4,9-10,12-13H2/t18-/m0/s1. The maximum Gasteiger partial charge on any atom is 0.272 e. The third kappa shape index (κ3) is 2.86. The largest absolute Gasteiger partial charge is 0.351 e. The van der Waals surface area contributed by atoms with E-state index >= 15 is 0 Å². The molecule has 1 fully saturated rings. The number of para-hydroxylation sites is 1. The molecule has 8 nitrogen and oxygen atoms in total. The van der Waals surface area contributed by atoms with Crippen LogP contribution in [0.5, 0.6) is 0 Å². The Morgan fingerprint density at radius 3 is 2.89 bits per heavy atom. The zero-order chi connectivity index (χ0) is 19.1. The SMILES string of the molecule is O=C(c1cc2ccccc2[nH]1)N1Cc2ccnn2[C@H](C(=O)N2CCCCO2)C1. The average Bonchev–Trinajstić information content (AvgIpc) is 3.39. The van der Waals surface area contributed by atoms with Gasteiger partial charge in [-0.1, -0.05) is 18.2 Å². The lowest BCUT2D eigenvalue weighted by Gasteiger charge is -2.36. The number of benzene rings is 1. The Kier molecular flexibility index (Phi) is 4.12. The fourth-order valence-corrected chi connectivity index (χ4v) is 3.93. The quantitative estimate of drug-likeness (QED) is 0.739. The van der Waals surface area contributed by atoms with E-state index in [0.29, 0.717) is 25.4 Å². The van der Waals surface area contributed by atoms with Crippen molar-refractivity contribution in [1.82, 2.24) is 24.7 Å². The van der Waals surface area contributed by atoms with E-state index in [0.717, 1.165) is 29.4 Å². The second-order valence-electron chi connectivity index (χ2n) is 7.22. The molecule has 2 aliphatic heterocycles. The molecule has 28 heavy (non-hydrogen) atoms. The van der Waals surface area contributed by atoms with Gasteiger partial charge in [-0.15, -0.1) is 0 Å². The van der Waals surface area contributed by atoms with Gasteiger partial charge in [-0.3, -0.25) is 19.1 Å². The summed E-state index contributed by atoms with van der Waals surface area (Å²) >= 11 is 0. The number of carbonyl (C=O) groups excluding carboxylic acids is 2. The van der Waals surface area contributed by atoms with Gasteiger partial charge in [0.25, 0.3) is 11.8 Å². The monoisotopic (exact) mass is 379 g/mol. The lowest BCUT2D eigenvalue weighted by atomic mass is 10.1. The third-order valence-corrected chi connectivity index (χ3v) is 5.37. The molecule has 8 heteroatoms. The number of aromatic amines is 1. The first kappa shape index (κ1) is 17.0. The summed E-state index contributed by atoms with van der Waals surface area (Å²) in [6.07, 6.45) is 3.54. The summed E-state index contributed by atoms with van der Waals surface area (Å²) in [5, 5.41) is 6.74. The molecule has 2 aromatic heterocycles. The summed E-state index contributed by atoms with van der Waals surface area (Å²) in [5.41, 5.74) is 2.28. The molecule has 0 radical (unpaired) electrons. The van der Waals surface area contributed by atoms with Crippen LogP contribution in [0.1, 0.15) is 35.1 Å². The fourth-order valence-electron chi connectivity index (χ4n) is 3.93. The highest BCUT2D eigenvalue weighted by molar-refractivity contribution is 5.98. The van der Waals surface area contributed by atoms with E-state index in [9.17, 15) is 9.59 Å². The van der Waals surface area contributed by atoms with E-state index in [-0.39, 0.29) is 18.4 Å². The van der Waals surface area contributed by atoms with Gasteiger partial charge in [0.15, 0.2) is 6.04 Å². The molecule has 5 rings (SSSR count).